The van der Waals surface area contributed by atoms with Gasteiger partial charge in [-0.15, -0.1) is 0 Å². The second-order valence-electron chi connectivity index (χ2n) is 9.56. The Morgan fingerprint density at radius 3 is 0.488 bits per heavy atom. The predicted molar refractivity (Wildman–Crippen MR) is 174 cm³/mol. The largest absolute Gasteiger partial charge is 2.00 e. The Labute approximate surface area is 261 Å². The maximum Gasteiger partial charge on any atom is 2.00 e. The molecule has 2 radical (unpaired) electrons. The molecule has 5 heteroatoms. The van der Waals surface area contributed by atoms with Gasteiger partial charge >= 0.3 is 23.9 Å². The van der Waals surface area contributed by atoms with E-state index < -0.39 is 16.6 Å². The van der Waals surface area contributed by atoms with Gasteiger partial charge in [0.15, 0.2) is 0 Å². The first-order valence-electron chi connectivity index (χ1n) is 13.4. The van der Waals surface area contributed by atoms with Crippen molar-refractivity contribution in [3.05, 3.63) is 182 Å². The Morgan fingerprint density at radius 2 is 0.366 bits per heavy atom. The molecule has 0 aliphatic heterocycles. The minimum atomic E-state index is -3.13. The van der Waals surface area contributed by atoms with E-state index in [2.05, 4.69) is 0 Å². The number of hydrogen-bond donors (Lipinski definition) is 0. The van der Waals surface area contributed by atoms with E-state index in [1.165, 1.54) is 0 Å². The zero-order valence-electron chi connectivity index (χ0n) is 22.6. The molecule has 198 valence electrons. The third kappa shape index (κ3) is 6.69. The third-order valence-corrected chi connectivity index (χ3v) is 14.0. The van der Waals surface area contributed by atoms with Gasteiger partial charge in [-0.1, -0.05) is 213 Å². The van der Waals surface area contributed by atoms with Crippen molar-refractivity contribution in [2.45, 2.75) is 0 Å². The van der Waals surface area contributed by atoms with Crippen molar-refractivity contribution < 1.29 is 9.59 Å². The van der Waals surface area contributed by atoms with Crippen LogP contribution in [0.1, 0.15) is 0 Å². The summed E-state index contributed by atoms with van der Waals surface area (Å²) < 4.78 is 0. The maximum absolute atomic E-state index is 13.8. The third-order valence-electron chi connectivity index (χ3n) is 7.08. The molecule has 6 aromatic carbocycles. The molecule has 0 unspecified atom stereocenters. The van der Waals surface area contributed by atoms with E-state index in [0.29, 0.717) is 0 Å². The van der Waals surface area contributed by atoms with Gasteiger partial charge in [0.05, 0.1) is 16.6 Å². The molecule has 0 N–H and O–H groups in total. The van der Waals surface area contributed by atoms with Gasteiger partial charge < -0.3 is 9.59 Å². The smallest absolute Gasteiger partial charge is 0.848 e. The summed E-state index contributed by atoms with van der Waals surface area (Å²) in [4.78, 5) is 27.7. The fourth-order valence-electron chi connectivity index (χ4n) is 5.04. The molecule has 0 aliphatic carbocycles. The number of hydrogen-bond acceptors (Lipinski definition) is 2. The van der Waals surface area contributed by atoms with Crippen molar-refractivity contribution in [2.24, 2.45) is 0 Å². The van der Waals surface area contributed by atoms with Crippen LogP contribution in [0.5, 0.6) is 0 Å². The Balaban J connectivity index is 0.000000184. The topological polar surface area (TPSA) is 46.1 Å². The van der Waals surface area contributed by atoms with Crippen LogP contribution in [0.3, 0.4) is 0 Å². The SMILES string of the molecule is [O-][Si](c1ccccc1)(c1ccccc1)c1ccccc1.[O-][Si](c1ccccc1)(c1ccccc1)c1ccccc1.[Sn+2]. The zero-order chi connectivity index (χ0) is 27.7. The van der Waals surface area contributed by atoms with Crippen LogP contribution < -0.4 is 40.7 Å². The summed E-state index contributed by atoms with van der Waals surface area (Å²) in [6, 6.07) is 58.6. The van der Waals surface area contributed by atoms with Gasteiger partial charge in [-0.3, -0.25) is 0 Å². The van der Waals surface area contributed by atoms with Crippen LogP contribution in [0, 0.1) is 0 Å². The maximum atomic E-state index is 13.8. The Kier molecular flexibility index (Phi) is 10.7. The van der Waals surface area contributed by atoms with Crippen LogP contribution in [0.15, 0.2) is 182 Å². The zero-order valence-corrected chi connectivity index (χ0v) is 27.5. The minimum Gasteiger partial charge on any atom is -0.848 e. The summed E-state index contributed by atoms with van der Waals surface area (Å²) in [6.07, 6.45) is 0. The molecular weight excluding hydrogens is 639 g/mol. The molecule has 0 aromatic heterocycles. The number of benzene rings is 6. The van der Waals surface area contributed by atoms with Crippen molar-refractivity contribution in [3.63, 3.8) is 0 Å². The van der Waals surface area contributed by atoms with Gasteiger partial charge in [0.2, 0.25) is 0 Å². The summed E-state index contributed by atoms with van der Waals surface area (Å²) in [5, 5.41) is 5.40. The number of rotatable bonds is 6. The van der Waals surface area contributed by atoms with Crippen molar-refractivity contribution >= 4 is 71.7 Å². The fourth-order valence-corrected chi connectivity index (χ4v) is 11.0. The predicted octanol–water partition coefficient (Wildman–Crippen LogP) is 1.65. The average Bonchev–Trinajstić information content (AvgIpc) is 3.07. The molecule has 0 saturated heterocycles. The summed E-state index contributed by atoms with van der Waals surface area (Å²) >= 11 is 0. The first kappa shape index (κ1) is 30.4. The van der Waals surface area contributed by atoms with Gasteiger partial charge in [-0.25, -0.2) is 0 Å². The first-order valence-corrected chi connectivity index (χ1v) is 17.2. The second-order valence-corrected chi connectivity index (χ2v) is 15.7. The molecule has 0 atom stereocenters. The fraction of sp³-hybridized carbons (Fsp3) is 0. The van der Waals surface area contributed by atoms with Crippen LogP contribution in [0.2, 0.25) is 0 Å². The van der Waals surface area contributed by atoms with E-state index in [0.717, 1.165) is 31.1 Å². The molecule has 2 nitrogen and oxygen atoms in total. The van der Waals surface area contributed by atoms with E-state index in [-0.39, 0.29) is 23.9 Å². The Morgan fingerprint density at radius 1 is 0.244 bits per heavy atom. The monoisotopic (exact) mass is 670 g/mol. The van der Waals surface area contributed by atoms with Crippen LogP contribution in [-0.2, 0) is 0 Å². The molecule has 6 rings (SSSR count). The standard InChI is InChI=1S/2C18H15OSi.Sn/c2*19-20(16-10-4-1-5-11-16,17-12-6-2-7-13-17)18-14-8-3-9-15-18;/h2*1-15H;/q2*-1;+2. The Bertz CT molecular complexity index is 1270. The summed E-state index contributed by atoms with van der Waals surface area (Å²) in [6.45, 7) is 0. The molecule has 0 amide bonds. The average molecular weight is 670 g/mol. The van der Waals surface area contributed by atoms with Crippen molar-refractivity contribution in [1.29, 1.82) is 0 Å². The van der Waals surface area contributed by atoms with Gasteiger partial charge in [0.25, 0.3) is 0 Å². The molecule has 0 aliphatic rings. The van der Waals surface area contributed by atoms with Gasteiger partial charge in [-0.2, -0.15) is 0 Å². The van der Waals surface area contributed by atoms with E-state index in [9.17, 15) is 9.59 Å². The molecule has 0 bridgehead atoms. The van der Waals surface area contributed by atoms with Crippen LogP contribution in [0.4, 0.5) is 0 Å². The van der Waals surface area contributed by atoms with Crippen molar-refractivity contribution in [2.75, 3.05) is 0 Å². The summed E-state index contributed by atoms with van der Waals surface area (Å²) in [7, 11) is -6.26. The first-order chi connectivity index (χ1) is 19.6. The molecule has 0 saturated carbocycles. The molecule has 0 heterocycles. The van der Waals surface area contributed by atoms with Crippen LogP contribution >= 0.6 is 0 Å². The normalized spacial score (nSPS) is 11.0. The molecule has 6 aromatic rings. The minimum absolute atomic E-state index is 0. The van der Waals surface area contributed by atoms with Crippen LogP contribution in [-0.4, -0.2) is 40.5 Å². The van der Waals surface area contributed by atoms with Gasteiger partial charge in [0.1, 0.15) is 0 Å². The van der Waals surface area contributed by atoms with Gasteiger partial charge in [0, 0.05) is 0 Å². The molecule has 41 heavy (non-hydrogen) atoms. The quantitative estimate of drug-likeness (QED) is 0.200. The van der Waals surface area contributed by atoms with Crippen LogP contribution in [0.25, 0.3) is 0 Å². The molecule has 0 fully saturated rings. The van der Waals surface area contributed by atoms with E-state index in [4.69, 9.17) is 0 Å². The summed E-state index contributed by atoms with van der Waals surface area (Å²) in [5.41, 5.74) is 0. The van der Waals surface area contributed by atoms with E-state index >= 15 is 0 Å². The van der Waals surface area contributed by atoms with Crippen molar-refractivity contribution in [3.8, 4) is 0 Å². The second kappa shape index (κ2) is 14.4. The van der Waals surface area contributed by atoms with E-state index in [1.807, 2.05) is 182 Å². The van der Waals surface area contributed by atoms with Gasteiger partial charge in [-0.05, 0) is 0 Å². The molecule has 0 spiro atoms. The van der Waals surface area contributed by atoms with Crippen molar-refractivity contribution in [1.82, 2.24) is 0 Å². The molecular formula is C36H30O2Si2Sn. The summed E-state index contributed by atoms with van der Waals surface area (Å²) in [5.74, 6) is 0. The van der Waals surface area contributed by atoms with E-state index in [1.54, 1.807) is 0 Å². The Hall–Kier alpha value is -3.53.